The smallest absolute Gasteiger partial charge is 0.222 e. The summed E-state index contributed by atoms with van der Waals surface area (Å²) in [6.07, 6.45) is 4.15. The van der Waals surface area contributed by atoms with Crippen LogP contribution < -0.4 is 10.6 Å². The van der Waals surface area contributed by atoms with Gasteiger partial charge in [0.15, 0.2) is 5.96 Å². The lowest BCUT2D eigenvalue weighted by molar-refractivity contribution is -0.129. The Morgan fingerprint density at radius 3 is 2.77 bits per heavy atom. The fourth-order valence-corrected chi connectivity index (χ4v) is 3.47. The fourth-order valence-electron chi connectivity index (χ4n) is 3.47. The first-order chi connectivity index (χ1) is 10.7. The number of likely N-dealkylation sites (tertiary alicyclic amines) is 2. The van der Waals surface area contributed by atoms with Gasteiger partial charge in [-0.05, 0) is 32.4 Å². The van der Waals surface area contributed by atoms with Crippen LogP contribution in [0.15, 0.2) is 4.99 Å². The van der Waals surface area contributed by atoms with Crippen LogP contribution in [0.3, 0.4) is 0 Å². The molecule has 2 rings (SSSR count). The van der Waals surface area contributed by atoms with Gasteiger partial charge < -0.3 is 15.5 Å². The Labute approximate surface area is 134 Å². The molecule has 2 aliphatic rings. The van der Waals surface area contributed by atoms with Gasteiger partial charge in [-0.1, -0.05) is 13.8 Å². The van der Waals surface area contributed by atoms with Crippen molar-refractivity contribution in [2.75, 3.05) is 39.8 Å². The first kappa shape index (κ1) is 17.1. The predicted molar refractivity (Wildman–Crippen MR) is 90.0 cm³/mol. The molecule has 126 valence electrons. The summed E-state index contributed by atoms with van der Waals surface area (Å²) in [4.78, 5) is 20.5. The second-order valence-electron chi connectivity index (χ2n) is 6.20. The Morgan fingerprint density at radius 1 is 1.27 bits per heavy atom. The second kappa shape index (κ2) is 8.36. The molecule has 1 amide bonds. The van der Waals surface area contributed by atoms with Crippen molar-refractivity contribution >= 4 is 11.9 Å². The average molecular weight is 309 g/mol. The third-order valence-corrected chi connectivity index (χ3v) is 4.82. The SMILES string of the molecule is CCC(=O)N1CCC(NC(=NC)NCC2CCCN2CC)C1. The van der Waals surface area contributed by atoms with E-state index >= 15 is 0 Å². The Balaban J connectivity index is 1.75. The normalized spacial score (nSPS) is 26.5. The van der Waals surface area contributed by atoms with Crippen LogP contribution in [0.4, 0.5) is 0 Å². The summed E-state index contributed by atoms with van der Waals surface area (Å²) in [5.74, 6) is 1.11. The van der Waals surface area contributed by atoms with Gasteiger partial charge in [-0.3, -0.25) is 14.7 Å². The molecule has 6 nitrogen and oxygen atoms in total. The monoisotopic (exact) mass is 309 g/mol. The highest BCUT2D eigenvalue weighted by atomic mass is 16.2. The van der Waals surface area contributed by atoms with Gasteiger partial charge in [-0.15, -0.1) is 0 Å². The van der Waals surface area contributed by atoms with E-state index in [0.717, 1.165) is 38.6 Å². The van der Waals surface area contributed by atoms with E-state index in [9.17, 15) is 4.79 Å². The van der Waals surface area contributed by atoms with Crippen LogP contribution in [0.1, 0.15) is 39.5 Å². The standard InChI is InChI=1S/C16H31N5O/c1-4-15(22)21-10-8-13(12-21)19-16(17-3)18-11-14-7-6-9-20(14)5-2/h13-14H,4-12H2,1-3H3,(H2,17,18,19). The van der Waals surface area contributed by atoms with E-state index in [4.69, 9.17) is 0 Å². The van der Waals surface area contributed by atoms with E-state index in [2.05, 4.69) is 27.4 Å². The predicted octanol–water partition coefficient (Wildman–Crippen LogP) is 0.647. The number of hydrogen-bond acceptors (Lipinski definition) is 3. The number of nitrogens with one attached hydrogen (secondary N) is 2. The number of guanidine groups is 1. The van der Waals surface area contributed by atoms with Crippen molar-refractivity contribution in [3.8, 4) is 0 Å². The molecule has 0 spiro atoms. The minimum atomic E-state index is 0.247. The van der Waals surface area contributed by atoms with Gasteiger partial charge in [0.1, 0.15) is 0 Å². The van der Waals surface area contributed by atoms with E-state index in [1.165, 1.54) is 19.4 Å². The Bertz CT molecular complexity index is 398. The summed E-state index contributed by atoms with van der Waals surface area (Å²) >= 11 is 0. The number of aliphatic imine (C=N–C) groups is 1. The van der Waals surface area contributed by atoms with Crippen LogP contribution in [0.25, 0.3) is 0 Å². The van der Waals surface area contributed by atoms with Crippen LogP contribution in [0.2, 0.25) is 0 Å². The molecule has 2 heterocycles. The molecule has 0 aromatic carbocycles. The van der Waals surface area contributed by atoms with Crippen LogP contribution in [0, 0.1) is 0 Å². The number of amides is 1. The third kappa shape index (κ3) is 4.35. The maximum absolute atomic E-state index is 11.7. The minimum absolute atomic E-state index is 0.247. The molecule has 2 N–H and O–H groups in total. The lowest BCUT2D eigenvalue weighted by Gasteiger charge is -2.25. The summed E-state index contributed by atoms with van der Waals surface area (Å²) < 4.78 is 0. The molecule has 0 bridgehead atoms. The van der Waals surface area contributed by atoms with Gasteiger partial charge >= 0.3 is 0 Å². The zero-order valence-electron chi connectivity index (χ0n) is 14.3. The van der Waals surface area contributed by atoms with Gasteiger partial charge in [0.25, 0.3) is 0 Å². The number of rotatable bonds is 5. The van der Waals surface area contributed by atoms with Gasteiger partial charge in [0, 0.05) is 45.2 Å². The number of carbonyl (C=O) groups is 1. The highest BCUT2D eigenvalue weighted by Crippen LogP contribution is 2.15. The van der Waals surface area contributed by atoms with Gasteiger partial charge in [0.2, 0.25) is 5.91 Å². The summed E-state index contributed by atoms with van der Waals surface area (Å²) in [5, 5.41) is 6.91. The number of carbonyl (C=O) groups excluding carboxylic acids is 1. The molecule has 0 aliphatic carbocycles. The minimum Gasteiger partial charge on any atom is -0.355 e. The number of likely N-dealkylation sites (N-methyl/N-ethyl adjacent to an activating group) is 1. The quantitative estimate of drug-likeness (QED) is 0.578. The first-order valence-electron chi connectivity index (χ1n) is 8.66. The van der Waals surface area contributed by atoms with Crippen LogP contribution in [0.5, 0.6) is 0 Å². The van der Waals surface area contributed by atoms with Crippen molar-refractivity contribution in [2.45, 2.75) is 51.6 Å². The van der Waals surface area contributed by atoms with E-state index in [-0.39, 0.29) is 5.91 Å². The van der Waals surface area contributed by atoms with Gasteiger partial charge in [-0.25, -0.2) is 0 Å². The Hall–Kier alpha value is -1.30. The second-order valence-corrected chi connectivity index (χ2v) is 6.20. The molecule has 2 aliphatic heterocycles. The fraction of sp³-hybridized carbons (Fsp3) is 0.875. The van der Waals surface area contributed by atoms with Crippen molar-refractivity contribution < 1.29 is 4.79 Å². The lowest BCUT2D eigenvalue weighted by Crippen LogP contribution is -2.48. The molecule has 6 heteroatoms. The Morgan fingerprint density at radius 2 is 2.09 bits per heavy atom. The highest BCUT2D eigenvalue weighted by molar-refractivity contribution is 5.80. The van der Waals surface area contributed by atoms with Gasteiger partial charge in [-0.2, -0.15) is 0 Å². The maximum Gasteiger partial charge on any atom is 0.222 e. The van der Waals surface area contributed by atoms with Crippen LogP contribution in [-0.4, -0.2) is 73.5 Å². The van der Waals surface area contributed by atoms with E-state index in [0.29, 0.717) is 18.5 Å². The summed E-state index contributed by atoms with van der Waals surface area (Å²) in [6.45, 7) is 9.07. The average Bonchev–Trinajstić information content (AvgIpc) is 3.19. The van der Waals surface area contributed by atoms with E-state index in [1.54, 1.807) is 0 Å². The molecular weight excluding hydrogens is 278 g/mol. The molecule has 2 saturated heterocycles. The number of hydrogen-bond donors (Lipinski definition) is 2. The highest BCUT2D eigenvalue weighted by Gasteiger charge is 2.26. The Kier molecular flexibility index (Phi) is 6.49. The molecule has 0 aromatic rings. The molecule has 0 radical (unpaired) electrons. The summed E-state index contributed by atoms with van der Waals surface area (Å²) in [6, 6.07) is 0.929. The first-order valence-corrected chi connectivity index (χ1v) is 8.66. The summed E-state index contributed by atoms with van der Waals surface area (Å²) in [5.41, 5.74) is 0. The molecule has 0 aromatic heterocycles. The molecular formula is C16H31N5O. The van der Waals surface area contributed by atoms with Crippen molar-refractivity contribution in [2.24, 2.45) is 4.99 Å². The van der Waals surface area contributed by atoms with Crippen molar-refractivity contribution in [1.82, 2.24) is 20.4 Å². The van der Waals surface area contributed by atoms with E-state index < -0.39 is 0 Å². The largest absolute Gasteiger partial charge is 0.355 e. The molecule has 2 atom stereocenters. The van der Waals surface area contributed by atoms with Crippen molar-refractivity contribution in [3.05, 3.63) is 0 Å². The zero-order valence-corrected chi connectivity index (χ0v) is 14.3. The summed E-state index contributed by atoms with van der Waals surface area (Å²) in [7, 11) is 1.81. The molecule has 0 saturated carbocycles. The van der Waals surface area contributed by atoms with Crippen LogP contribution in [-0.2, 0) is 4.79 Å². The molecule has 2 fully saturated rings. The van der Waals surface area contributed by atoms with Crippen molar-refractivity contribution in [1.29, 1.82) is 0 Å². The molecule has 22 heavy (non-hydrogen) atoms. The number of nitrogens with zero attached hydrogens (tertiary/aromatic N) is 3. The van der Waals surface area contributed by atoms with Gasteiger partial charge in [0.05, 0.1) is 0 Å². The molecule has 2 unspecified atom stereocenters. The topological polar surface area (TPSA) is 60.0 Å². The zero-order chi connectivity index (χ0) is 15.9. The van der Waals surface area contributed by atoms with Crippen molar-refractivity contribution in [3.63, 3.8) is 0 Å². The lowest BCUT2D eigenvalue weighted by atomic mass is 10.2. The third-order valence-electron chi connectivity index (χ3n) is 4.82. The van der Waals surface area contributed by atoms with Crippen LogP contribution >= 0.6 is 0 Å². The maximum atomic E-state index is 11.7. The van der Waals surface area contributed by atoms with E-state index in [1.807, 2.05) is 18.9 Å².